The summed E-state index contributed by atoms with van der Waals surface area (Å²) < 4.78 is 38.8. The zero-order valence-corrected chi connectivity index (χ0v) is 14.0. The van der Waals surface area contributed by atoms with Gasteiger partial charge in [0.25, 0.3) is 0 Å². The highest BCUT2D eigenvalue weighted by Crippen LogP contribution is 2.34. The first-order valence-electron chi connectivity index (χ1n) is 8.21. The topological polar surface area (TPSA) is 15.3 Å². The molecule has 0 saturated heterocycles. The molecule has 1 aliphatic carbocycles. The molecule has 0 aromatic heterocycles. The van der Waals surface area contributed by atoms with E-state index in [0.29, 0.717) is 5.92 Å². The number of halogens is 3. The molecule has 4 atom stereocenters. The summed E-state index contributed by atoms with van der Waals surface area (Å²) in [7, 11) is 0. The number of hydrogen-bond donors (Lipinski definition) is 1. The maximum Gasteiger partial charge on any atom is 0.401 e. The SMILES string of the molecule is CCCNC1CC(C)CC(C)C1N(CC(F)(F)F)C(C)C. The summed E-state index contributed by atoms with van der Waals surface area (Å²) in [6.07, 6.45) is -1.15. The van der Waals surface area contributed by atoms with Gasteiger partial charge in [-0.1, -0.05) is 20.8 Å². The van der Waals surface area contributed by atoms with E-state index in [1.54, 1.807) is 4.90 Å². The monoisotopic (exact) mass is 308 g/mol. The van der Waals surface area contributed by atoms with Crippen LogP contribution in [0.3, 0.4) is 0 Å². The molecular formula is C16H31F3N2. The molecule has 5 heteroatoms. The Morgan fingerprint density at radius 2 is 1.81 bits per heavy atom. The van der Waals surface area contributed by atoms with E-state index in [9.17, 15) is 13.2 Å². The van der Waals surface area contributed by atoms with E-state index in [-0.39, 0.29) is 24.0 Å². The second kappa shape index (κ2) is 7.82. The molecule has 1 saturated carbocycles. The summed E-state index contributed by atoms with van der Waals surface area (Å²) in [5, 5.41) is 3.49. The van der Waals surface area contributed by atoms with E-state index in [1.807, 2.05) is 13.8 Å². The highest BCUT2D eigenvalue weighted by atomic mass is 19.4. The van der Waals surface area contributed by atoms with E-state index in [1.165, 1.54) is 0 Å². The zero-order valence-electron chi connectivity index (χ0n) is 14.0. The number of nitrogens with one attached hydrogen (secondary N) is 1. The lowest BCUT2D eigenvalue weighted by Crippen LogP contribution is -2.60. The van der Waals surface area contributed by atoms with Gasteiger partial charge in [-0.25, -0.2) is 0 Å². The van der Waals surface area contributed by atoms with Crippen molar-refractivity contribution in [2.24, 2.45) is 11.8 Å². The van der Waals surface area contributed by atoms with Crippen LogP contribution in [0, 0.1) is 11.8 Å². The van der Waals surface area contributed by atoms with Gasteiger partial charge >= 0.3 is 6.18 Å². The summed E-state index contributed by atoms with van der Waals surface area (Å²) in [5.74, 6) is 0.860. The Balaban J connectivity index is 2.92. The van der Waals surface area contributed by atoms with Crippen LogP contribution in [0.5, 0.6) is 0 Å². The maximum atomic E-state index is 12.9. The molecule has 4 unspecified atom stereocenters. The Bertz CT molecular complexity index is 304. The van der Waals surface area contributed by atoms with Crippen LogP contribution < -0.4 is 5.32 Å². The molecule has 0 aliphatic heterocycles. The molecule has 1 rings (SSSR count). The van der Waals surface area contributed by atoms with Gasteiger partial charge in [-0.3, -0.25) is 4.90 Å². The smallest absolute Gasteiger partial charge is 0.312 e. The summed E-state index contributed by atoms with van der Waals surface area (Å²) in [4.78, 5) is 1.66. The number of nitrogens with zero attached hydrogens (tertiary/aromatic N) is 1. The number of hydrogen-bond acceptors (Lipinski definition) is 2. The Kier molecular flexibility index (Phi) is 6.98. The molecule has 0 amide bonds. The first-order valence-corrected chi connectivity index (χ1v) is 8.21. The minimum absolute atomic E-state index is 0.0330. The van der Waals surface area contributed by atoms with Gasteiger partial charge in [0, 0.05) is 18.1 Å². The van der Waals surface area contributed by atoms with Gasteiger partial charge in [-0.05, 0) is 51.5 Å². The Labute approximate surface area is 127 Å². The summed E-state index contributed by atoms with van der Waals surface area (Å²) in [5.41, 5.74) is 0. The van der Waals surface area contributed by atoms with Crippen molar-refractivity contribution in [1.29, 1.82) is 0 Å². The lowest BCUT2D eigenvalue weighted by molar-refractivity contribution is -0.161. The van der Waals surface area contributed by atoms with E-state index in [4.69, 9.17) is 0 Å². The van der Waals surface area contributed by atoms with Crippen molar-refractivity contribution in [3.05, 3.63) is 0 Å². The van der Waals surface area contributed by atoms with E-state index >= 15 is 0 Å². The molecule has 1 aliphatic rings. The molecule has 2 nitrogen and oxygen atoms in total. The van der Waals surface area contributed by atoms with Crippen LogP contribution in [0.25, 0.3) is 0 Å². The summed E-state index contributed by atoms with van der Waals surface area (Å²) >= 11 is 0. The van der Waals surface area contributed by atoms with Gasteiger partial charge < -0.3 is 5.32 Å². The molecule has 0 aromatic carbocycles. The molecule has 1 fully saturated rings. The van der Waals surface area contributed by atoms with E-state index in [0.717, 1.165) is 25.8 Å². The molecule has 0 bridgehead atoms. The minimum Gasteiger partial charge on any atom is -0.312 e. The fourth-order valence-corrected chi connectivity index (χ4v) is 3.77. The summed E-state index contributed by atoms with van der Waals surface area (Å²) in [6.45, 7) is 10.2. The van der Waals surface area contributed by atoms with E-state index < -0.39 is 12.7 Å². The molecule has 0 radical (unpaired) electrons. The van der Waals surface area contributed by atoms with Crippen molar-refractivity contribution in [2.75, 3.05) is 13.1 Å². The van der Waals surface area contributed by atoms with Gasteiger partial charge in [0.1, 0.15) is 0 Å². The fourth-order valence-electron chi connectivity index (χ4n) is 3.77. The van der Waals surface area contributed by atoms with Gasteiger partial charge in [-0.2, -0.15) is 13.2 Å². The molecule has 0 aromatic rings. The van der Waals surface area contributed by atoms with Gasteiger partial charge in [0.15, 0.2) is 0 Å². The van der Waals surface area contributed by atoms with Gasteiger partial charge in [0.05, 0.1) is 6.54 Å². The molecule has 21 heavy (non-hydrogen) atoms. The predicted molar refractivity (Wildman–Crippen MR) is 81.3 cm³/mol. The second-order valence-electron chi connectivity index (χ2n) is 6.99. The highest BCUT2D eigenvalue weighted by molar-refractivity contribution is 4.95. The standard InChI is InChI=1S/C16H31F3N2/c1-6-7-20-14-9-12(4)8-13(5)15(14)21(11(2)3)10-16(17,18)19/h11-15,20H,6-10H2,1-5H3. The second-order valence-corrected chi connectivity index (χ2v) is 6.99. The Hall–Kier alpha value is -0.290. The van der Waals surface area contributed by atoms with Crippen LogP contribution in [0.1, 0.15) is 53.9 Å². The lowest BCUT2D eigenvalue weighted by atomic mass is 9.75. The highest BCUT2D eigenvalue weighted by Gasteiger charge is 2.42. The van der Waals surface area contributed by atoms with Crippen LogP contribution in [0.4, 0.5) is 13.2 Å². The van der Waals surface area contributed by atoms with Crippen LogP contribution in [0.2, 0.25) is 0 Å². The van der Waals surface area contributed by atoms with Crippen molar-refractivity contribution in [2.45, 2.75) is 78.2 Å². The average molecular weight is 308 g/mol. The first kappa shape index (κ1) is 18.8. The summed E-state index contributed by atoms with van der Waals surface area (Å²) in [6, 6.07) is 0.0289. The first-order chi connectivity index (χ1) is 9.65. The van der Waals surface area contributed by atoms with Crippen molar-refractivity contribution in [1.82, 2.24) is 10.2 Å². The van der Waals surface area contributed by atoms with Crippen LogP contribution >= 0.6 is 0 Å². The van der Waals surface area contributed by atoms with Crippen molar-refractivity contribution in [3.8, 4) is 0 Å². The normalized spacial score (nSPS) is 31.1. The van der Waals surface area contributed by atoms with Crippen LogP contribution in [-0.4, -0.2) is 42.3 Å². The molecular weight excluding hydrogens is 277 g/mol. The molecule has 126 valence electrons. The average Bonchev–Trinajstić information content (AvgIpc) is 2.32. The quantitative estimate of drug-likeness (QED) is 0.796. The number of alkyl halides is 3. The van der Waals surface area contributed by atoms with E-state index in [2.05, 4.69) is 26.1 Å². The third-order valence-electron chi connectivity index (χ3n) is 4.49. The lowest BCUT2D eigenvalue weighted by Gasteiger charge is -2.48. The Morgan fingerprint density at radius 3 is 2.29 bits per heavy atom. The third-order valence-corrected chi connectivity index (χ3v) is 4.49. The zero-order chi connectivity index (χ0) is 16.2. The van der Waals surface area contributed by atoms with Gasteiger partial charge in [-0.15, -0.1) is 0 Å². The molecule has 0 heterocycles. The largest absolute Gasteiger partial charge is 0.401 e. The fraction of sp³-hybridized carbons (Fsp3) is 1.00. The van der Waals surface area contributed by atoms with Gasteiger partial charge in [0.2, 0.25) is 0 Å². The van der Waals surface area contributed by atoms with Crippen molar-refractivity contribution in [3.63, 3.8) is 0 Å². The predicted octanol–water partition coefficient (Wildman–Crippen LogP) is 4.06. The molecule has 0 spiro atoms. The molecule has 1 N–H and O–H groups in total. The van der Waals surface area contributed by atoms with Crippen LogP contribution in [0.15, 0.2) is 0 Å². The minimum atomic E-state index is -4.14. The van der Waals surface area contributed by atoms with Crippen molar-refractivity contribution < 1.29 is 13.2 Å². The number of rotatable bonds is 6. The van der Waals surface area contributed by atoms with Crippen molar-refractivity contribution >= 4 is 0 Å². The maximum absolute atomic E-state index is 12.9. The Morgan fingerprint density at radius 1 is 1.19 bits per heavy atom. The third kappa shape index (κ3) is 5.78. The van der Waals surface area contributed by atoms with Crippen LogP contribution in [-0.2, 0) is 0 Å².